The lowest BCUT2D eigenvalue weighted by molar-refractivity contribution is -0.385. The molecule has 8 nitrogen and oxygen atoms in total. The van der Waals surface area contributed by atoms with Crippen LogP contribution in [-0.2, 0) is 12.7 Å². The lowest BCUT2D eigenvalue weighted by Crippen LogP contribution is -2.28. The monoisotopic (exact) mass is 407 g/mol. The Morgan fingerprint density at radius 2 is 1.90 bits per heavy atom. The zero-order valence-corrected chi connectivity index (χ0v) is 15.4. The Bertz CT molecular complexity index is 1120. The first kappa shape index (κ1) is 20.2. The molecule has 1 unspecified atom stereocenters. The number of benzene rings is 2. The minimum Gasteiger partial charge on any atom is -0.258 e. The van der Waals surface area contributed by atoms with Crippen molar-refractivity contribution in [3.8, 4) is 0 Å². The second kappa shape index (κ2) is 7.49. The second-order valence-electron chi connectivity index (χ2n) is 6.54. The molecule has 3 aromatic rings. The van der Waals surface area contributed by atoms with E-state index in [0.717, 1.165) is 21.5 Å². The number of aryl methyl sites for hydroxylation is 1. The van der Waals surface area contributed by atoms with Crippen LogP contribution in [0.25, 0.3) is 0 Å². The van der Waals surface area contributed by atoms with Crippen LogP contribution in [0.5, 0.6) is 0 Å². The lowest BCUT2D eigenvalue weighted by Gasteiger charge is -2.13. The highest BCUT2D eigenvalue weighted by molar-refractivity contribution is 5.41. The Labute approximate surface area is 162 Å². The first-order valence-corrected chi connectivity index (χ1v) is 8.51. The molecule has 0 saturated heterocycles. The topological polar surface area (TPSA) is 95.8 Å². The fourth-order valence-electron chi connectivity index (χ4n) is 2.94. The zero-order chi connectivity index (χ0) is 21.3. The van der Waals surface area contributed by atoms with Crippen molar-refractivity contribution in [3.63, 3.8) is 0 Å². The second-order valence-corrected chi connectivity index (χ2v) is 6.54. The first-order valence-electron chi connectivity index (χ1n) is 8.51. The van der Waals surface area contributed by atoms with E-state index < -0.39 is 28.4 Å². The molecule has 0 radical (unpaired) electrons. The molecule has 1 atom stereocenters. The minimum atomic E-state index is -4.49. The van der Waals surface area contributed by atoms with E-state index in [1.807, 2.05) is 0 Å². The molecular formula is C18H16F3N5O3. The molecule has 0 aliphatic carbocycles. The SMILES string of the molecule is Cc1cc(Cn2nnn(C(C)c3cccc(C(F)(F)F)c3)c2=O)ccc1[N+](=O)[O-]. The predicted octanol–water partition coefficient (Wildman–Crippen LogP) is 3.33. The van der Waals surface area contributed by atoms with E-state index in [1.54, 1.807) is 19.9 Å². The van der Waals surface area contributed by atoms with Crippen LogP contribution in [0.15, 0.2) is 47.3 Å². The van der Waals surface area contributed by atoms with Crippen LogP contribution in [0.2, 0.25) is 0 Å². The fourth-order valence-corrected chi connectivity index (χ4v) is 2.94. The maximum atomic E-state index is 12.9. The van der Waals surface area contributed by atoms with E-state index in [-0.39, 0.29) is 17.8 Å². The van der Waals surface area contributed by atoms with Gasteiger partial charge < -0.3 is 0 Å². The average molecular weight is 407 g/mol. The summed E-state index contributed by atoms with van der Waals surface area (Å²) in [5.74, 6) is 0. The summed E-state index contributed by atoms with van der Waals surface area (Å²) in [5, 5.41) is 18.5. The van der Waals surface area contributed by atoms with Gasteiger partial charge in [0.25, 0.3) is 5.69 Å². The highest BCUT2D eigenvalue weighted by atomic mass is 19.4. The minimum absolute atomic E-state index is 0.0208. The summed E-state index contributed by atoms with van der Waals surface area (Å²) < 4.78 is 40.8. The Balaban J connectivity index is 1.87. The van der Waals surface area contributed by atoms with Crippen molar-refractivity contribution in [2.75, 3.05) is 0 Å². The number of nitro groups is 1. The third-order valence-electron chi connectivity index (χ3n) is 4.51. The number of nitro benzene ring substituents is 1. The van der Waals surface area contributed by atoms with Crippen molar-refractivity contribution < 1.29 is 18.1 Å². The summed E-state index contributed by atoms with van der Waals surface area (Å²) in [5.41, 5.74) is -0.156. The number of rotatable bonds is 5. The molecule has 29 heavy (non-hydrogen) atoms. The van der Waals surface area contributed by atoms with E-state index in [0.29, 0.717) is 11.1 Å². The highest BCUT2D eigenvalue weighted by Gasteiger charge is 2.31. The van der Waals surface area contributed by atoms with Gasteiger partial charge in [0.2, 0.25) is 0 Å². The van der Waals surface area contributed by atoms with Gasteiger partial charge in [-0.05, 0) is 53.6 Å². The summed E-state index contributed by atoms with van der Waals surface area (Å²) >= 11 is 0. The van der Waals surface area contributed by atoms with Gasteiger partial charge in [-0.25, -0.2) is 4.79 Å². The van der Waals surface area contributed by atoms with E-state index in [2.05, 4.69) is 10.4 Å². The van der Waals surface area contributed by atoms with Gasteiger partial charge >= 0.3 is 11.9 Å². The smallest absolute Gasteiger partial charge is 0.258 e. The van der Waals surface area contributed by atoms with Gasteiger partial charge in [0.05, 0.1) is 23.1 Å². The standard InChI is InChI=1S/C18H16F3N5O3/c1-11-8-13(6-7-16(11)26(28)29)10-24-17(27)25(23-22-24)12(2)14-4-3-5-15(9-14)18(19,20)21/h3-9,12H,10H2,1-2H3. The maximum absolute atomic E-state index is 12.9. The number of halogens is 3. The normalized spacial score (nSPS) is 12.7. The van der Waals surface area contributed by atoms with Crippen LogP contribution in [0.3, 0.4) is 0 Å². The summed E-state index contributed by atoms with van der Waals surface area (Å²) in [6, 6.07) is 8.31. The Morgan fingerprint density at radius 3 is 2.52 bits per heavy atom. The molecule has 11 heteroatoms. The van der Waals surface area contributed by atoms with Crippen molar-refractivity contribution in [3.05, 3.63) is 85.3 Å². The van der Waals surface area contributed by atoms with E-state index in [9.17, 15) is 28.1 Å². The van der Waals surface area contributed by atoms with Crippen molar-refractivity contribution in [2.24, 2.45) is 0 Å². The van der Waals surface area contributed by atoms with Crippen molar-refractivity contribution >= 4 is 5.69 Å². The Hall–Kier alpha value is -3.50. The molecule has 152 valence electrons. The molecule has 0 N–H and O–H groups in total. The Kier molecular flexibility index (Phi) is 5.23. The zero-order valence-electron chi connectivity index (χ0n) is 15.4. The van der Waals surface area contributed by atoms with Crippen LogP contribution in [0.4, 0.5) is 18.9 Å². The van der Waals surface area contributed by atoms with E-state index >= 15 is 0 Å². The predicted molar refractivity (Wildman–Crippen MR) is 96.5 cm³/mol. The molecule has 1 heterocycles. The summed E-state index contributed by atoms with van der Waals surface area (Å²) in [7, 11) is 0. The largest absolute Gasteiger partial charge is 0.416 e. The van der Waals surface area contributed by atoms with Gasteiger partial charge in [-0.2, -0.15) is 22.5 Å². The summed E-state index contributed by atoms with van der Waals surface area (Å²) in [6.07, 6.45) is -4.49. The quantitative estimate of drug-likeness (QED) is 0.478. The molecule has 0 saturated carbocycles. The Morgan fingerprint density at radius 1 is 1.17 bits per heavy atom. The lowest BCUT2D eigenvalue weighted by atomic mass is 10.1. The first-order chi connectivity index (χ1) is 13.6. The number of tetrazole rings is 1. The number of hydrogen-bond donors (Lipinski definition) is 0. The number of hydrogen-bond acceptors (Lipinski definition) is 5. The average Bonchev–Trinajstić information content (AvgIpc) is 3.01. The maximum Gasteiger partial charge on any atom is 0.416 e. The number of alkyl halides is 3. The highest BCUT2D eigenvalue weighted by Crippen LogP contribution is 2.31. The molecule has 2 aromatic carbocycles. The third kappa shape index (κ3) is 4.18. The van der Waals surface area contributed by atoms with Gasteiger partial charge in [-0.3, -0.25) is 10.1 Å². The summed E-state index contributed by atoms with van der Waals surface area (Å²) in [4.78, 5) is 23.0. The molecule has 0 amide bonds. The van der Waals surface area contributed by atoms with Gasteiger partial charge in [-0.1, -0.05) is 18.2 Å². The van der Waals surface area contributed by atoms with Crippen LogP contribution < -0.4 is 5.69 Å². The molecule has 1 aromatic heterocycles. The van der Waals surface area contributed by atoms with Crippen LogP contribution in [0.1, 0.15) is 35.2 Å². The van der Waals surface area contributed by atoms with Gasteiger partial charge in [0.1, 0.15) is 0 Å². The molecular weight excluding hydrogens is 391 g/mol. The number of nitrogens with zero attached hydrogens (tertiary/aromatic N) is 5. The fraction of sp³-hybridized carbons (Fsp3) is 0.278. The van der Waals surface area contributed by atoms with Crippen LogP contribution in [-0.4, -0.2) is 24.7 Å². The van der Waals surface area contributed by atoms with Gasteiger partial charge in [0, 0.05) is 11.6 Å². The van der Waals surface area contributed by atoms with E-state index in [4.69, 9.17) is 0 Å². The molecule has 3 rings (SSSR count). The number of aromatic nitrogens is 4. The molecule has 0 bridgehead atoms. The molecule has 0 spiro atoms. The molecule has 0 fully saturated rings. The summed E-state index contributed by atoms with van der Waals surface area (Å²) in [6.45, 7) is 3.15. The molecule has 0 aliphatic rings. The van der Waals surface area contributed by atoms with Crippen molar-refractivity contribution in [1.82, 2.24) is 19.8 Å². The van der Waals surface area contributed by atoms with Crippen LogP contribution in [0, 0.1) is 17.0 Å². The molecule has 0 aliphatic heterocycles. The third-order valence-corrected chi connectivity index (χ3v) is 4.51. The van der Waals surface area contributed by atoms with Gasteiger partial charge in [-0.15, -0.1) is 0 Å². The van der Waals surface area contributed by atoms with E-state index in [1.165, 1.54) is 24.3 Å². The van der Waals surface area contributed by atoms with Crippen molar-refractivity contribution in [2.45, 2.75) is 32.6 Å². The van der Waals surface area contributed by atoms with Crippen LogP contribution >= 0.6 is 0 Å². The van der Waals surface area contributed by atoms with Crippen molar-refractivity contribution in [1.29, 1.82) is 0 Å². The van der Waals surface area contributed by atoms with Gasteiger partial charge in [0.15, 0.2) is 0 Å².